The third-order valence-electron chi connectivity index (χ3n) is 5.22. The monoisotopic (exact) mass is 427 g/mol. The van der Waals surface area contributed by atoms with Crippen LogP contribution in [0.3, 0.4) is 0 Å². The van der Waals surface area contributed by atoms with Crippen LogP contribution in [0.25, 0.3) is 0 Å². The second-order valence-electron chi connectivity index (χ2n) is 8.43. The molecule has 0 aromatic heterocycles. The summed E-state index contributed by atoms with van der Waals surface area (Å²) >= 11 is 0. The first kappa shape index (κ1) is 25.0. The van der Waals surface area contributed by atoms with Crippen molar-refractivity contribution in [2.24, 2.45) is 5.92 Å². The summed E-state index contributed by atoms with van der Waals surface area (Å²) in [6, 6.07) is 0. The topological polar surface area (TPSA) is 99.2 Å². The van der Waals surface area contributed by atoms with Gasteiger partial charge in [0.05, 0.1) is 25.0 Å². The zero-order valence-electron chi connectivity index (χ0n) is 18.7. The first-order chi connectivity index (χ1) is 13.3. The van der Waals surface area contributed by atoms with Crippen LogP contribution in [-0.2, 0) is 33.1 Å². The minimum absolute atomic E-state index is 0.0709. The van der Waals surface area contributed by atoms with Gasteiger partial charge in [-0.3, -0.25) is 19.3 Å². The maximum Gasteiger partial charge on any atom is 0.332 e. The smallest absolute Gasteiger partial charge is 0.332 e. The van der Waals surface area contributed by atoms with Crippen LogP contribution in [0, 0.1) is 5.92 Å². The van der Waals surface area contributed by atoms with E-state index in [0.29, 0.717) is 0 Å². The largest absolute Gasteiger partial charge is 0.466 e. The molecule has 1 aliphatic heterocycles. The summed E-state index contributed by atoms with van der Waals surface area (Å²) < 4.78 is 16.0. The second-order valence-corrected chi connectivity index (χ2v) is 13.2. The predicted octanol–water partition coefficient (Wildman–Crippen LogP) is 2.78. The Balaban J connectivity index is 3.11. The lowest BCUT2D eigenvalue weighted by Crippen LogP contribution is -2.59. The lowest BCUT2D eigenvalue weighted by molar-refractivity contribution is -0.158. The van der Waals surface area contributed by atoms with Gasteiger partial charge in [-0.1, -0.05) is 20.8 Å². The van der Waals surface area contributed by atoms with Crippen molar-refractivity contribution in [1.29, 1.82) is 0 Å². The third-order valence-corrected chi connectivity index (χ3v) is 9.80. The molecule has 0 saturated carbocycles. The van der Waals surface area contributed by atoms with Crippen molar-refractivity contribution in [3.63, 3.8) is 0 Å². The van der Waals surface area contributed by atoms with Crippen molar-refractivity contribution in [1.82, 2.24) is 4.90 Å². The molecule has 0 aromatic rings. The number of rotatable bonds is 8. The number of β-lactam (4-membered cyclic amide) rings is 1. The average molecular weight is 428 g/mol. The number of hydrogen-bond acceptors (Lipinski definition) is 7. The Morgan fingerprint density at radius 1 is 1.14 bits per heavy atom. The van der Waals surface area contributed by atoms with Crippen LogP contribution in [0.1, 0.15) is 48.0 Å². The average Bonchev–Trinajstić information content (AvgIpc) is 2.52. The quantitative estimate of drug-likeness (QED) is 0.193. The van der Waals surface area contributed by atoms with Crippen molar-refractivity contribution >= 4 is 32.1 Å². The SMILES string of the molecule is CCOC(=O)/C=C1\[C@@H]([C@H](C)O[Si](C)(C)C(C)(C)C)C(=O)N1C(=O)CC(=O)OCC. The second kappa shape index (κ2) is 9.66. The van der Waals surface area contributed by atoms with Gasteiger partial charge in [0.1, 0.15) is 12.3 Å². The molecule has 0 spiro atoms. The van der Waals surface area contributed by atoms with E-state index in [4.69, 9.17) is 13.9 Å². The molecular weight excluding hydrogens is 394 g/mol. The highest BCUT2D eigenvalue weighted by atomic mass is 28.4. The van der Waals surface area contributed by atoms with Crippen LogP contribution < -0.4 is 0 Å². The molecule has 1 fully saturated rings. The van der Waals surface area contributed by atoms with E-state index in [0.717, 1.165) is 11.0 Å². The lowest BCUT2D eigenvalue weighted by atomic mass is 9.87. The molecule has 1 saturated heterocycles. The molecule has 164 valence electrons. The number of hydrogen-bond donors (Lipinski definition) is 0. The molecule has 1 rings (SSSR count). The maximum atomic E-state index is 12.8. The highest BCUT2D eigenvalue weighted by Crippen LogP contribution is 2.41. The Morgan fingerprint density at radius 3 is 2.17 bits per heavy atom. The number of nitrogens with zero attached hydrogens (tertiary/aromatic N) is 1. The van der Waals surface area contributed by atoms with Gasteiger partial charge < -0.3 is 13.9 Å². The third kappa shape index (κ3) is 5.99. The minimum Gasteiger partial charge on any atom is -0.466 e. The zero-order valence-corrected chi connectivity index (χ0v) is 19.7. The molecule has 0 unspecified atom stereocenters. The number of carbonyl (C=O) groups is 4. The van der Waals surface area contributed by atoms with E-state index in [1.165, 1.54) is 0 Å². The Hall–Kier alpha value is -2.00. The Bertz CT molecular complexity index is 693. The maximum absolute atomic E-state index is 12.8. The molecule has 1 heterocycles. The summed E-state index contributed by atoms with van der Waals surface area (Å²) in [5.74, 6) is -3.40. The van der Waals surface area contributed by atoms with Gasteiger partial charge in [0.15, 0.2) is 8.32 Å². The molecule has 2 amide bonds. The van der Waals surface area contributed by atoms with Crippen molar-refractivity contribution in [3.05, 3.63) is 11.8 Å². The first-order valence-corrected chi connectivity index (χ1v) is 12.8. The fourth-order valence-electron chi connectivity index (χ4n) is 2.76. The molecule has 29 heavy (non-hydrogen) atoms. The molecule has 1 aliphatic rings. The van der Waals surface area contributed by atoms with Gasteiger partial charge in [0.25, 0.3) is 0 Å². The van der Waals surface area contributed by atoms with Crippen molar-refractivity contribution in [2.75, 3.05) is 13.2 Å². The van der Waals surface area contributed by atoms with Gasteiger partial charge in [-0.15, -0.1) is 0 Å². The molecule has 0 N–H and O–H groups in total. The molecule has 2 atom stereocenters. The summed E-state index contributed by atoms with van der Waals surface area (Å²) in [7, 11) is -2.19. The molecule has 0 radical (unpaired) electrons. The summed E-state index contributed by atoms with van der Waals surface area (Å²) in [5, 5.41) is -0.0709. The van der Waals surface area contributed by atoms with Crippen LogP contribution in [0.2, 0.25) is 18.1 Å². The standard InChI is InChI=1S/C20H33NO7Si/c1-9-26-16(23)11-14-18(13(3)28-29(7,8)20(4,5)6)19(25)21(14)15(22)12-17(24)27-10-2/h11,13,18H,9-10,12H2,1-8H3/b14-11+/t13-,18+/m0/s1. The van der Waals surface area contributed by atoms with Gasteiger partial charge in [-0.2, -0.15) is 0 Å². The van der Waals surface area contributed by atoms with Crippen LogP contribution in [0.4, 0.5) is 0 Å². The number of carbonyl (C=O) groups excluding carboxylic acids is 4. The lowest BCUT2D eigenvalue weighted by Gasteiger charge is -2.46. The van der Waals surface area contributed by atoms with Crippen LogP contribution in [-0.4, -0.2) is 56.3 Å². The van der Waals surface area contributed by atoms with Crippen molar-refractivity contribution < 1.29 is 33.1 Å². The van der Waals surface area contributed by atoms with E-state index in [1.54, 1.807) is 20.8 Å². The van der Waals surface area contributed by atoms with Crippen LogP contribution in [0.15, 0.2) is 11.8 Å². The number of likely N-dealkylation sites (tertiary alicyclic amines) is 1. The van der Waals surface area contributed by atoms with Crippen LogP contribution >= 0.6 is 0 Å². The predicted molar refractivity (Wildman–Crippen MR) is 109 cm³/mol. The molecule has 9 heteroatoms. The van der Waals surface area contributed by atoms with Crippen molar-refractivity contribution in [2.45, 2.75) is 72.2 Å². The Kier molecular flexibility index (Phi) is 8.34. The molecule has 8 nitrogen and oxygen atoms in total. The molecular formula is C20H33NO7Si. The van der Waals surface area contributed by atoms with Gasteiger partial charge >= 0.3 is 11.9 Å². The zero-order chi connectivity index (χ0) is 22.6. The number of esters is 2. The summed E-state index contributed by atoms with van der Waals surface area (Å²) in [5.41, 5.74) is 0.189. The summed E-state index contributed by atoms with van der Waals surface area (Å²) in [6.45, 7) is 15.7. The summed E-state index contributed by atoms with van der Waals surface area (Å²) in [4.78, 5) is 49.7. The summed E-state index contributed by atoms with van der Waals surface area (Å²) in [6.07, 6.45) is 0.0179. The normalized spacial score (nSPS) is 19.6. The number of imide groups is 1. The Morgan fingerprint density at radius 2 is 1.69 bits per heavy atom. The van der Waals surface area contributed by atoms with E-state index >= 15 is 0 Å². The first-order valence-electron chi connectivity index (χ1n) is 9.85. The number of ether oxygens (including phenoxy) is 2. The van der Waals surface area contributed by atoms with Gasteiger partial charge in [-0.25, -0.2) is 4.79 Å². The van der Waals surface area contributed by atoms with E-state index in [1.807, 2.05) is 0 Å². The fraction of sp³-hybridized carbons (Fsp3) is 0.700. The van der Waals surface area contributed by atoms with E-state index in [-0.39, 0.29) is 23.9 Å². The number of amides is 2. The van der Waals surface area contributed by atoms with Gasteiger partial charge in [0, 0.05) is 6.08 Å². The van der Waals surface area contributed by atoms with Crippen LogP contribution in [0.5, 0.6) is 0 Å². The minimum atomic E-state index is -2.19. The molecule has 0 bridgehead atoms. The Labute approximate surface area is 173 Å². The van der Waals surface area contributed by atoms with Crippen molar-refractivity contribution in [3.8, 4) is 0 Å². The van der Waals surface area contributed by atoms with Gasteiger partial charge in [0.2, 0.25) is 11.8 Å². The highest BCUT2D eigenvalue weighted by Gasteiger charge is 2.52. The molecule has 0 aliphatic carbocycles. The van der Waals surface area contributed by atoms with Gasteiger partial charge in [-0.05, 0) is 38.9 Å². The van der Waals surface area contributed by atoms with E-state index in [2.05, 4.69) is 33.9 Å². The highest BCUT2D eigenvalue weighted by molar-refractivity contribution is 6.74. The van der Waals surface area contributed by atoms with E-state index < -0.39 is 50.5 Å². The molecule has 0 aromatic carbocycles. The van der Waals surface area contributed by atoms with E-state index in [9.17, 15) is 19.2 Å². The fourth-order valence-corrected chi connectivity index (χ4v) is 4.18.